The Labute approximate surface area is 212 Å². The van der Waals surface area contributed by atoms with E-state index in [1.165, 1.54) is 38.2 Å². The number of H-pyrrole nitrogens is 1. The lowest BCUT2D eigenvalue weighted by Crippen LogP contribution is -2.40. The fourth-order valence-electron chi connectivity index (χ4n) is 3.22. The number of nitrogens with zero attached hydrogens (tertiary/aromatic N) is 1. The highest BCUT2D eigenvalue weighted by Gasteiger charge is 2.49. The molecule has 1 aromatic heterocycles. The molecular weight excluding hydrogens is 513 g/mol. The number of para-hydroxylation sites is 1. The smallest absolute Gasteiger partial charge is 0.459 e. The van der Waals surface area contributed by atoms with Gasteiger partial charge in [0.25, 0.3) is 0 Å². The van der Waals surface area contributed by atoms with Crippen LogP contribution in [0.2, 0.25) is 0 Å². The van der Waals surface area contributed by atoms with Gasteiger partial charge in [0.15, 0.2) is 17.1 Å². The highest BCUT2D eigenvalue weighted by atomic mass is 32.1. The van der Waals surface area contributed by atoms with E-state index in [9.17, 15) is 24.4 Å². The Balaban J connectivity index is 1.83. The van der Waals surface area contributed by atoms with Gasteiger partial charge in [0, 0.05) is 6.20 Å². The number of aromatic amines is 1. The van der Waals surface area contributed by atoms with E-state index >= 15 is 0 Å². The summed E-state index contributed by atoms with van der Waals surface area (Å²) in [4.78, 5) is 27.0. The first-order valence-corrected chi connectivity index (χ1v) is 12.9. The predicted octanol–water partition coefficient (Wildman–Crippen LogP) is 3.09. The summed E-state index contributed by atoms with van der Waals surface area (Å²) in [5.41, 5.74) is -2.72. The summed E-state index contributed by atoms with van der Waals surface area (Å²) < 4.78 is 36.5. The number of rotatable bonds is 10. The number of carbonyl (C=O) groups is 1. The Hall–Kier alpha value is -2.96. The summed E-state index contributed by atoms with van der Waals surface area (Å²) >= 11 is 4.91. The number of aliphatic hydroxyl groups excluding tert-OH is 1. The Bertz CT molecular complexity index is 1290. The molecule has 0 saturated heterocycles. The van der Waals surface area contributed by atoms with Crippen LogP contribution < -0.4 is 15.3 Å². The van der Waals surface area contributed by atoms with Crippen LogP contribution in [0.5, 0.6) is 5.75 Å². The molecule has 14 heteroatoms. The summed E-state index contributed by atoms with van der Waals surface area (Å²) in [6.07, 6.45) is -0.483. The second-order valence-electron chi connectivity index (χ2n) is 8.42. The van der Waals surface area contributed by atoms with Gasteiger partial charge < -0.3 is 24.2 Å². The lowest BCUT2D eigenvalue weighted by molar-refractivity contribution is -0.149. The average Bonchev–Trinajstić information content (AvgIpc) is 3.01. The highest BCUT2D eigenvalue weighted by molar-refractivity contribution is 7.71. The largest absolute Gasteiger partial charge is 0.506 e. The van der Waals surface area contributed by atoms with Crippen molar-refractivity contribution < 1.29 is 38.1 Å². The molecule has 36 heavy (non-hydrogen) atoms. The monoisotopic (exact) mass is 541 g/mol. The van der Waals surface area contributed by atoms with Gasteiger partial charge in [-0.05, 0) is 45.9 Å². The van der Waals surface area contributed by atoms with Crippen LogP contribution in [0.1, 0.15) is 33.9 Å². The van der Waals surface area contributed by atoms with E-state index in [4.69, 9.17) is 30.7 Å². The van der Waals surface area contributed by atoms with Gasteiger partial charge in [-0.3, -0.25) is 18.9 Å². The van der Waals surface area contributed by atoms with Crippen molar-refractivity contribution in [1.29, 1.82) is 0 Å². The number of nitrogens with one attached hydrogen (secondary N) is 2. The van der Waals surface area contributed by atoms with Crippen molar-refractivity contribution in [3.05, 3.63) is 69.2 Å². The molecule has 2 unspecified atom stereocenters. The van der Waals surface area contributed by atoms with Gasteiger partial charge in [0.2, 0.25) is 6.23 Å². The summed E-state index contributed by atoms with van der Waals surface area (Å²) in [7, 11) is -4.27. The third kappa shape index (κ3) is 6.42. The molecule has 3 rings (SSSR count). The molecule has 1 aliphatic heterocycles. The van der Waals surface area contributed by atoms with Crippen molar-refractivity contribution in [2.45, 2.75) is 51.7 Å². The van der Waals surface area contributed by atoms with Crippen LogP contribution in [0.15, 0.2) is 58.9 Å². The number of benzene rings is 1. The number of ether oxygens (including phenoxy) is 2. The fraction of sp³-hybridized carbons (Fsp3) is 0.409. The maximum Gasteiger partial charge on any atom is 0.459 e. The van der Waals surface area contributed by atoms with Gasteiger partial charge in [-0.15, -0.1) is 0 Å². The number of aliphatic hydroxyl groups is 2. The van der Waals surface area contributed by atoms with Crippen molar-refractivity contribution in [1.82, 2.24) is 14.6 Å². The molecule has 196 valence electrons. The van der Waals surface area contributed by atoms with Gasteiger partial charge >= 0.3 is 19.4 Å². The topological polar surface area (TPSA) is 161 Å². The van der Waals surface area contributed by atoms with Crippen LogP contribution in [0.25, 0.3) is 0 Å². The maximum atomic E-state index is 13.6. The van der Waals surface area contributed by atoms with Gasteiger partial charge in [-0.1, -0.05) is 30.4 Å². The standard InChI is InChI=1S/C22H28N3O9PS/c1-13(2)32-19(27)14(3)24-35(30,34-15-8-6-5-7-9-15)31-12-16-18(26)22(4,29)20(33-16)25-11-10-17(36)23-21(25)28/h5-11,13-14,20,26,29H,12H2,1-4H3,(H,24,30)(H,23,28,36)/t14-,20+,22?,35?/m0/s1. The van der Waals surface area contributed by atoms with E-state index in [1.54, 1.807) is 32.0 Å². The molecule has 0 bridgehead atoms. The highest BCUT2D eigenvalue weighted by Crippen LogP contribution is 2.47. The molecule has 12 nitrogen and oxygen atoms in total. The summed E-state index contributed by atoms with van der Waals surface area (Å²) in [6, 6.07) is 8.41. The predicted molar refractivity (Wildman–Crippen MR) is 131 cm³/mol. The van der Waals surface area contributed by atoms with Crippen molar-refractivity contribution in [3.8, 4) is 5.75 Å². The molecule has 0 fully saturated rings. The minimum Gasteiger partial charge on any atom is -0.506 e. The van der Waals surface area contributed by atoms with E-state index in [1.807, 2.05) is 0 Å². The van der Waals surface area contributed by atoms with Gasteiger partial charge in [-0.2, -0.15) is 5.09 Å². The minimum atomic E-state index is -4.27. The van der Waals surface area contributed by atoms with Gasteiger partial charge in [0.05, 0.1) is 6.10 Å². The van der Waals surface area contributed by atoms with Gasteiger partial charge in [-0.25, -0.2) is 9.36 Å². The first kappa shape index (κ1) is 27.6. The number of hydrogen-bond acceptors (Lipinski definition) is 10. The van der Waals surface area contributed by atoms with E-state index in [0.29, 0.717) is 0 Å². The van der Waals surface area contributed by atoms with Crippen molar-refractivity contribution in [2.75, 3.05) is 6.61 Å². The van der Waals surface area contributed by atoms with Crippen LogP contribution >= 0.6 is 20.0 Å². The fourth-order valence-corrected chi connectivity index (χ4v) is 4.82. The Morgan fingerprint density at radius 3 is 2.58 bits per heavy atom. The number of hydrogen-bond donors (Lipinski definition) is 4. The normalized spacial score (nSPS) is 22.1. The summed E-state index contributed by atoms with van der Waals surface area (Å²) in [5, 5.41) is 24.0. The van der Waals surface area contributed by atoms with Crippen LogP contribution in [0.4, 0.5) is 0 Å². The lowest BCUT2D eigenvalue weighted by atomic mass is 10.0. The first-order chi connectivity index (χ1) is 16.8. The quantitative estimate of drug-likeness (QED) is 0.199. The molecule has 0 spiro atoms. The Morgan fingerprint density at radius 2 is 1.97 bits per heavy atom. The molecule has 0 aliphatic carbocycles. The molecule has 4 atom stereocenters. The third-order valence-electron chi connectivity index (χ3n) is 4.97. The molecule has 1 aliphatic rings. The molecule has 2 heterocycles. The number of aromatic nitrogens is 2. The molecule has 0 radical (unpaired) electrons. The van der Waals surface area contributed by atoms with E-state index in [-0.39, 0.29) is 16.1 Å². The van der Waals surface area contributed by atoms with E-state index < -0.39 is 55.7 Å². The maximum absolute atomic E-state index is 13.6. The van der Waals surface area contributed by atoms with Crippen molar-refractivity contribution in [2.24, 2.45) is 0 Å². The summed E-state index contributed by atoms with van der Waals surface area (Å²) in [5.74, 6) is -1.44. The third-order valence-corrected chi connectivity index (χ3v) is 6.84. The van der Waals surface area contributed by atoms with Crippen molar-refractivity contribution in [3.63, 3.8) is 0 Å². The molecule has 0 saturated carbocycles. The van der Waals surface area contributed by atoms with Gasteiger partial charge in [0.1, 0.15) is 23.0 Å². The molecule has 0 amide bonds. The molecule has 1 aromatic carbocycles. The van der Waals surface area contributed by atoms with Crippen LogP contribution in [-0.2, 0) is 23.4 Å². The molecule has 2 aromatic rings. The zero-order valence-electron chi connectivity index (χ0n) is 20.0. The van der Waals surface area contributed by atoms with Crippen LogP contribution in [0, 0.1) is 4.64 Å². The second-order valence-corrected chi connectivity index (χ2v) is 10.6. The minimum absolute atomic E-state index is 0.171. The molecule has 4 N–H and O–H groups in total. The molecular formula is C22H28N3O9PS. The van der Waals surface area contributed by atoms with E-state index in [0.717, 1.165) is 4.57 Å². The average molecular weight is 542 g/mol. The second kappa shape index (κ2) is 11.0. The first-order valence-electron chi connectivity index (χ1n) is 10.9. The number of carbonyl (C=O) groups excluding carboxylic acids is 1. The zero-order valence-corrected chi connectivity index (χ0v) is 21.7. The Morgan fingerprint density at radius 1 is 1.31 bits per heavy atom. The zero-order chi connectivity index (χ0) is 26.7. The van der Waals surface area contributed by atoms with Crippen molar-refractivity contribution >= 4 is 25.9 Å². The SMILES string of the molecule is CC(C)OC(=O)[C@H](C)NP(=O)(OCC1=C(O)C(C)(O)[C@H](n2ccc(=S)[nH]c2=O)O1)Oc1ccccc1. The van der Waals surface area contributed by atoms with E-state index in [2.05, 4.69) is 10.1 Å². The summed E-state index contributed by atoms with van der Waals surface area (Å²) in [6.45, 7) is 5.35. The Kier molecular flexibility index (Phi) is 8.42. The van der Waals surface area contributed by atoms with Crippen LogP contribution in [-0.4, -0.2) is 50.1 Å². The lowest BCUT2D eigenvalue weighted by Gasteiger charge is -2.25. The number of esters is 1. The van der Waals surface area contributed by atoms with Crippen LogP contribution in [0.3, 0.4) is 0 Å².